The van der Waals surface area contributed by atoms with Gasteiger partial charge in [-0.1, -0.05) is 23.4 Å². The van der Waals surface area contributed by atoms with E-state index in [1.165, 1.54) is 0 Å². The van der Waals surface area contributed by atoms with Gasteiger partial charge >= 0.3 is 5.97 Å². The standard InChI is InChI=1S/C25H24N4O4/c1-15(2)32-22-10-9-16(13-17(22)14-26)25-28-24(29-33-25)20-6-3-5-19-18(20)11-12-27-21(19)7-4-8-23(30)31/h3,5-6,9-10,13,15H,4,7-8,11-12H2,1-2H3,(H,30,31). The van der Waals surface area contributed by atoms with E-state index in [0.717, 1.165) is 28.8 Å². The predicted octanol–water partition coefficient (Wildman–Crippen LogP) is 4.66. The van der Waals surface area contributed by atoms with Crippen molar-refractivity contribution in [2.75, 3.05) is 6.54 Å². The van der Waals surface area contributed by atoms with E-state index in [1.54, 1.807) is 18.2 Å². The molecule has 4 rings (SSSR count). The van der Waals surface area contributed by atoms with Crippen molar-refractivity contribution in [3.63, 3.8) is 0 Å². The summed E-state index contributed by atoms with van der Waals surface area (Å²) in [6.45, 7) is 4.45. The van der Waals surface area contributed by atoms with Crippen molar-refractivity contribution in [3.05, 3.63) is 53.1 Å². The number of aliphatic imine (C=N–C) groups is 1. The third-order valence-electron chi connectivity index (χ3n) is 5.33. The van der Waals surface area contributed by atoms with E-state index in [1.807, 2.05) is 32.0 Å². The van der Waals surface area contributed by atoms with E-state index in [2.05, 4.69) is 21.2 Å². The lowest BCUT2D eigenvalue weighted by molar-refractivity contribution is -0.137. The Morgan fingerprint density at radius 3 is 2.85 bits per heavy atom. The summed E-state index contributed by atoms with van der Waals surface area (Å²) < 4.78 is 11.2. The number of fused-ring (bicyclic) bond motifs is 1. The zero-order valence-electron chi connectivity index (χ0n) is 18.5. The number of ether oxygens (including phenoxy) is 1. The van der Waals surface area contributed by atoms with Crippen LogP contribution in [0.25, 0.3) is 22.8 Å². The fourth-order valence-corrected chi connectivity index (χ4v) is 3.90. The number of nitrogens with zero attached hydrogens (tertiary/aromatic N) is 4. The Kier molecular flexibility index (Phi) is 6.50. The number of hydrogen-bond acceptors (Lipinski definition) is 7. The van der Waals surface area contributed by atoms with Crippen molar-refractivity contribution in [2.45, 2.75) is 45.6 Å². The van der Waals surface area contributed by atoms with Gasteiger partial charge in [0, 0.05) is 29.8 Å². The SMILES string of the molecule is CC(C)Oc1ccc(-c2nc(-c3cccc4c3CCN=C4CCCC(=O)O)no2)cc1C#N. The highest BCUT2D eigenvalue weighted by molar-refractivity contribution is 6.04. The summed E-state index contributed by atoms with van der Waals surface area (Å²) in [6.07, 6.45) is 1.98. The highest BCUT2D eigenvalue weighted by Gasteiger charge is 2.21. The molecule has 2 aromatic carbocycles. The molecular formula is C25H24N4O4. The minimum absolute atomic E-state index is 0.0419. The molecular weight excluding hydrogens is 420 g/mol. The lowest BCUT2D eigenvalue weighted by atomic mass is 9.90. The topological polar surface area (TPSA) is 122 Å². The Hall–Kier alpha value is -3.99. The highest BCUT2D eigenvalue weighted by atomic mass is 16.5. The molecule has 2 heterocycles. The van der Waals surface area contributed by atoms with E-state index >= 15 is 0 Å². The van der Waals surface area contributed by atoms with Crippen molar-refractivity contribution in [3.8, 4) is 34.7 Å². The predicted molar refractivity (Wildman–Crippen MR) is 122 cm³/mol. The second-order valence-corrected chi connectivity index (χ2v) is 8.07. The summed E-state index contributed by atoms with van der Waals surface area (Å²) >= 11 is 0. The summed E-state index contributed by atoms with van der Waals surface area (Å²) in [4.78, 5) is 20.1. The minimum atomic E-state index is -0.803. The Bertz CT molecular complexity index is 1250. The van der Waals surface area contributed by atoms with Gasteiger partial charge in [0.05, 0.1) is 11.7 Å². The van der Waals surface area contributed by atoms with Crippen molar-refractivity contribution in [1.29, 1.82) is 5.26 Å². The van der Waals surface area contributed by atoms with Crippen LogP contribution in [0.15, 0.2) is 45.9 Å². The van der Waals surface area contributed by atoms with E-state index in [-0.39, 0.29) is 12.5 Å². The Labute approximate surface area is 191 Å². The lowest BCUT2D eigenvalue weighted by Crippen LogP contribution is -2.14. The van der Waals surface area contributed by atoms with E-state index < -0.39 is 5.97 Å². The first-order valence-electron chi connectivity index (χ1n) is 10.9. The molecule has 0 saturated carbocycles. The van der Waals surface area contributed by atoms with Crippen LogP contribution in [0.5, 0.6) is 5.75 Å². The minimum Gasteiger partial charge on any atom is -0.490 e. The molecule has 0 bridgehead atoms. The fourth-order valence-electron chi connectivity index (χ4n) is 3.90. The van der Waals surface area contributed by atoms with Gasteiger partial charge in [-0.05, 0) is 62.4 Å². The first-order valence-corrected chi connectivity index (χ1v) is 10.9. The lowest BCUT2D eigenvalue weighted by Gasteiger charge is -2.19. The van der Waals surface area contributed by atoms with Crippen LogP contribution in [0, 0.1) is 11.3 Å². The van der Waals surface area contributed by atoms with Gasteiger partial charge in [0.1, 0.15) is 11.8 Å². The molecule has 0 fully saturated rings. The average Bonchev–Trinajstić information content (AvgIpc) is 3.28. The Morgan fingerprint density at radius 1 is 1.27 bits per heavy atom. The van der Waals surface area contributed by atoms with Crippen LogP contribution in [0.4, 0.5) is 0 Å². The molecule has 1 N–H and O–H groups in total. The van der Waals surface area contributed by atoms with Crippen LogP contribution >= 0.6 is 0 Å². The third kappa shape index (κ3) is 4.93. The first-order chi connectivity index (χ1) is 16.0. The van der Waals surface area contributed by atoms with Crippen molar-refractivity contribution < 1.29 is 19.2 Å². The van der Waals surface area contributed by atoms with Crippen molar-refractivity contribution in [1.82, 2.24) is 10.1 Å². The van der Waals surface area contributed by atoms with Gasteiger partial charge in [-0.25, -0.2) is 0 Å². The maximum absolute atomic E-state index is 10.9. The quantitative estimate of drug-likeness (QED) is 0.536. The summed E-state index contributed by atoms with van der Waals surface area (Å²) in [5, 5.41) is 22.6. The van der Waals surface area contributed by atoms with Gasteiger partial charge in [0.2, 0.25) is 5.82 Å². The molecule has 0 amide bonds. The smallest absolute Gasteiger partial charge is 0.303 e. The van der Waals surface area contributed by atoms with E-state index in [9.17, 15) is 10.1 Å². The Balaban J connectivity index is 1.62. The molecule has 1 aromatic heterocycles. The molecule has 0 saturated heterocycles. The van der Waals surface area contributed by atoms with Crippen molar-refractivity contribution in [2.24, 2.45) is 4.99 Å². The van der Waals surface area contributed by atoms with Gasteiger partial charge in [-0.2, -0.15) is 10.2 Å². The molecule has 0 spiro atoms. The fraction of sp³-hybridized carbons (Fsp3) is 0.320. The zero-order chi connectivity index (χ0) is 23.4. The molecule has 0 unspecified atom stereocenters. The molecule has 8 nitrogen and oxygen atoms in total. The van der Waals surface area contributed by atoms with Gasteiger partial charge in [0.25, 0.3) is 5.89 Å². The maximum Gasteiger partial charge on any atom is 0.303 e. The first kappa shape index (κ1) is 22.2. The summed E-state index contributed by atoms with van der Waals surface area (Å²) in [6, 6.07) is 13.3. The van der Waals surface area contributed by atoms with Gasteiger partial charge < -0.3 is 14.4 Å². The summed E-state index contributed by atoms with van der Waals surface area (Å²) in [7, 11) is 0. The number of carbonyl (C=O) groups is 1. The normalized spacial score (nSPS) is 12.7. The number of nitriles is 1. The molecule has 0 aliphatic carbocycles. The van der Waals surface area contributed by atoms with Gasteiger partial charge in [-0.3, -0.25) is 9.79 Å². The number of rotatable bonds is 8. The molecule has 168 valence electrons. The number of carboxylic acids is 1. The van der Waals surface area contributed by atoms with Crippen LogP contribution in [-0.2, 0) is 11.2 Å². The number of benzene rings is 2. The van der Waals surface area contributed by atoms with E-state index in [4.69, 9.17) is 14.4 Å². The number of carboxylic acid groups (broad SMARTS) is 1. The third-order valence-corrected chi connectivity index (χ3v) is 5.33. The molecule has 1 aliphatic heterocycles. The number of aromatic nitrogens is 2. The van der Waals surface area contributed by atoms with Crippen LogP contribution in [0.1, 0.15) is 49.8 Å². The van der Waals surface area contributed by atoms with Crippen LogP contribution in [0.3, 0.4) is 0 Å². The number of aliphatic carboxylic acids is 1. The highest BCUT2D eigenvalue weighted by Crippen LogP contribution is 2.31. The summed E-state index contributed by atoms with van der Waals surface area (Å²) in [5.41, 5.74) is 4.93. The molecule has 1 aliphatic rings. The second kappa shape index (κ2) is 9.65. The van der Waals surface area contributed by atoms with E-state index in [0.29, 0.717) is 48.0 Å². The van der Waals surface area contributed by atoms with Gasteiger partial charge in [0.15, 0.2) is 0 Å². The van der Waals surface area contributed by atoms with Crippen LogP contribution in [-0.4, -0.2) is 39.6 Å². The van der Waals surface area contributed by atoms with Gasteiger partial charge in [-0.15, -0.1) is 0 Å². The molecule has 33 heavy (non-hydrogen) atoms. The zero-order valence-corrected chi connectivity index (χ0v) is 18.5. The average molecular weight is 444 g/mol. The van der Waals surface area contributed by atoms with Crippen molar-refractivity contribution >= 4 is 11.7 Å². The number of hydrogen-bond donors (Lipinski definition) is 1. The maximum atomic E-state index is 10.9. The molecule has 8 heteroatoms. The molecule has 0 atom stereocenters. The summed E-state index contributed by atoms with van der Waals surface area (Å²) in [5.74, 6) is 0.502. The van der Waals surface area contributed by atoms with Crippen LogP contribution in [0.2, 0.25) is 0 Å². The van der Waals surface area contributed by atoms with Crippen LogP contribution < -0.4 is 4.74 Å². The monoisotopic (exact) mass is 444 g/mol. The second-order valence-electron chi connectivity index (χ2n) is 8.07. The molecule has 0 radical (unpaired) electrons. The Morgan fingerprint density at radius 2 is 2.09 bits per heavy atom. The largest absolute Gasteiger partial charge is 0.490 e. The molecule has 3 aromatic rings.